The second-order valence-electron chi connectivity index (χ2n) is 6.35. The Kier molecular flexibility index (Phi) is 5.31. The predicted octanol–water partition coefficient (Wildman–Crippen LogP) is 2.67. The number of aromatic nitrogens is 2. The molecule has 1 saturated heterocycles. The van der Waals surface area contributed by atoms with Crippen molar-refractivity contribution in [1.82, 2.24) is 19.4 Å². The molecule has 140 valence electrons. The van der Waals surface area contributed by atoms with Crippen molar-refractivity contribution in [1.29, 1.82) is 0 Å². The summed E-state index contributed by atoms with van der Waals surface area (Å²) in [7, 11) is 0. The average molecular weight is 366 g/mol. The van der Waals surface area contributed by atoms with E-state index in [-0.39, 0.29) is 5.56 Å². The number of imidazole rings is 1. The number of aryl methyl sites for hydroxylation is 1. The number of alkyl halides is 3. The van der Waals surface area contributed by atoms with Crippen LogP contribution in [0.3, 0.4) is 0 Å². The molecule has 1 fully saturated rings. The number of halogens is 3. The Labute approximate surface area is 150 Å². The van der Waals surface area contributed by atoms with Crippen molar-refractivity contribution in [3.8, 4) is 0 Å². The number of benzene rings is 1. The molecule has 1 aromatic heterocycles. The molecule has 0 unspecified atom stereocenters. The third kappa shape index (κ3) is 4.07. The minimum Gasteiger partial charge on any atom is -0.336 e. The average Bonchev–Trinajstić information content (AvgIpc) is 3.04. The maximum atomic E-state index is 13.1. The van der Waals surface area contributed by atoms with E-state index < -0.39 is 17.6 Å². The molecular weight excluding hydrogens is 345 g/mol. The first-order chi connectivity index (χ1) is 12.4. The highest BCUT2D eigenvalue weighted by Crippen LogP contribution is 2.32. The van der Waals surface area contributed by atoms with Gasteiger partial charge in [0.2, 0.25) is 0 Å². The maximum Gasteiger partial charge on any atom is 0.417 e. The fraction of sp³-hybridized carbons (Fsp3) is 0.444. The minimum absolute atomic E-state index is 0.275. The Bertz CT molecular complexity index is 764. The molecule has 1 amide bonds. The van der Waals surface area contributed by atoms with Gasteiger partial charge in [-0.25, -0.2) is 4.98 Å². The molecule has 5 nitrogen and oxygen atoms in total. The van der Waals surface area contributed by atoms with E-state index in [1.807, 2.05) is 13.1 Å². The lowest BCUT2D eigenvalue weighted by Gasteiger charge is -2.35. The number of amides is 1. The van der Waals surface area contributed by atoms with E-state index in [1.165, 1.54) is 23.1 Å². The molecule has 0 aliphatic carbocycles. The molecule has 3 rings (SSSR count). The quantitative estimate of drug-likeness (QED) is 0.836. The van der Waals surface area contributed by atoms with Crippen LogP contribution in [0.5, 0.6) is 0 Å². The Morgan fingerprint density at radius 2 is 1.81 bits per heavy atom. The highest BCUT2D eigenvalue weighted by molar-refractivity contribution is 5.96. The molecule has 26 heavy (non-hydrogen) atoms. The lowest BCUT2D eigenvalue weighted by atomic mass is 10.1. The third-order valence-electron chi connectivity index (χ3n) is 4.70. The highest BCUT2D eigenvalue weighted by Gasteiger charge is 2.36. The van der Waals surface area contributed by atoms with Crippen molar-refractivity contribution in [2.24, 2.45) is 0 Å². The number of nitrogens with zero attached hydrogens (tertiary/aromatic N) is 4. The summed E-state index contributed by atoms with van der Waals surface area (Å²) < 4.78 is 41.4. The van der Waals surface area contributed by atoms with Gasteiger partial charge in [-0.1, -0.05) is 12.1 Å². The van der Waals surface area contributed by atoms with E-state index in [2.05, 4.69) is 14.5 Å². The van der Waals surface area contributed by atoms with Crippen LogP contribution >= 0.6 is 0 Å². The topological polar surface area (TPSA) is 41.4 Å². The summed E-state index contributed by atoms with van der Waals surface area (Å²) in [4.78, 5) is 20.4. The van der Waals surface area contributed by atoms with Crippen LogP contribution in [0.4, 0.5) is 13.2 Å². The Balaban J connectivity index is 1.58. The number of hydrogen-bond acceptors (Lipinski definition) is 3. The molecule has 0 spiro atoms. The Morgan fingerprint density at radius 3 is 2.42 bits per heavy atom. The third-order valence-corrected chi connectivity index (χ3v) is 4.70. The lowest BCUT2D eigenvalue weighted by Crippen LogP contribution is -2.49. The van der Waals surface area contributed by atoms with Gasteiger partial charge < -0.3 is 9.47 Å². The summed E-state index contributed by atoms with van der Waals surface area (Å²) in [6.07, 6.45) is -0.857. The van der Waals surface area contributed by atoms with Crippen molar-refractivity contribution >= 4 is 5.91 Å². The van der Waals surface area contributed by atoms with Crippen LogP contribution in [0.15, 0.2) is 36.7 Å². The van der Waals surface area contributed by atoms with Crippen LogP contribution in [-0.2, 0) is 12.7 Å². The zero-order valence-corrected chi connectivity index (χ0v) is 14.5. The van der Waals surface area contributed by atoms with Crippen LogP contribution in [0.2, 0.25) is 0 Å². The molecule has 1 aromatic carbocycles. The molecule has 1 aliphatic rings. The molecule has 2 heterocycles. The summed E-state index contributed by atoms with van der Waals surface area (Å²) in [6, 6.07) is 4.97. The zero-order valence-electron chi connectivity index (χ0n) is 14.5. The maximum absolute atomic E-state index is 13.1. The molecule has 0 N–H and O–H groups in total. The first-order valence-electron chi connectivity index (χ1n) is 8.52. The van der Waals surface area contributed by atoms with Gasteiger partial charge in [-0.15, -0.1) is 0 Å². The van der Waals surface area contributed by atoms with E-state index >= 15 is 0 Å². The number of carbonyl (C=O) groups is 1. The van der Waals surface area contributed by atoms with E-state index in [9.17, 15) is 18.0 Å². The van der Waals surface area contributed by atoms with Crippen LogP contribution in [0.1, 0.15) is 21.7 Å². The number of piperazine rings is 1. The normalized spacial score (nSPS) is 16.1. The summed E-state index contributed by atoms with van der Waals surface area (Å²) in [5, 5.41) is 0. The predicted molar refractivity (Wildman–Crippen MR) is 90.8 cm³/mol. The van der Waals surface area contributed by atoms with Crippen LogP contribution in [0.25, 0.3) is 0 Å². The summed E-state index contributed by atoms with van der Waals surface area (Å²) in [6.45, 7) is 5.70. The van der Waals surface area contributed by atoms with Gasteiger partial charge in [0, 0.05) is 51.7 Å². The van der Waals surface area contributed by atoms with Gasteiger partial charge in [0.05, 0.1) is 11.1 Å². The molecule has 0 bridgehead atoms. The Hall–Kier alpha value is -2.35. The van der Waals surface area contributed by atoms with Crippen LogP contribution in [0, 0.1) is 6.92 Å². The first-order valence-corrected chi connectivity index (χ1v) is 8.52. The second-order valence-corrected chi connectivity index (χ2v) is 6.35. The van der Waals surface area contributed by atoms with Gasteiger partial charge in [-0.3, -0.25) is 9.69 Å². The van der Waals surface area contributed by atoms with Crippen molar-refractivity contribution in [2.75, 3.05) is 32.7 Å². The fourth-order valence-electron chi connectivity index (χ4n) is 3.15. The van der Waals surface area contributed by atoms with Crippen LogP contribution < -0.4 is 0 Å². The molecule has 0 radical (unpaired) electrons. The van der Waals surface area contributed by atoms with Crippen LogP contribution in [-0.4, -0.2) is 58.0 Å². The smallest absolute Gasteiger partial charge is 0.336 e. The number of hydrogen-bond donors (Lipinski definition) is 0. The largest absolute Gasteiger partial charge is 0.417 e. The fourth-order valence-corrected chi connectivity index (χ4v) is 3.15. The standard InChI is InChI=1S/C18H21F3N4O/c1-14-22-6-7-24(14)11-8-23-9-12-25(13-10-23)17(26)15-4-2-3-5-16(15)18(19,20)21/h2-7H,8-13H2,1H3. The van der Waals surface area contributed by atoms with E-state index in [0.29, 0.717) is 26.2 Å². The molecule has 1 aliphatic heterocycles. The summed E-state index contributed by atoms with van der Waals surface area (Å²) in [5.41, 5.74) is -1.15. The zero-order chi connectivity index (χ0) is 18.7. The van der Waals surface area contributed by atoms with E-state index in [0.717, 1.165) is 25.0 Å². The van der Waals surface area contributed by atoms with Gasteiger partial charge in [0.1, 0.15) is 5.82 Å². The summed E-state index contributed by atoms with van der Waals surface area (Å²) in [5.74, 6) is 0.394. The van der Waals surface area contributed by atoms with Crippen molar-refractivity contribution in [3.05, 3.63) is 53.6 Å². The molecule has 8 heteroatoms. The highest BCUT2D eigenvalue weighted by atomic mass is 19.4. The van der Waals surface area contributed by atoms with E-state index in [1.54, 1.807) is 6.20 Å². The number of carbonyl (C=O) groups excluding carboxylic acids is 1. The van der Waals surface area contributed by atoms with Crippen molar-refractivity contribution < 1.29 is 18.0 Å². The molecule has 0 atom stereocenters. The lowest BCUT2D eigenvalue weighted by molar-refractivity contribution is -0.138. The number of rotatable bonds is 4. The van der Waals surface area contributed by atoms with Gasteiger partial charge in [-0.05, 0) is 19.1 Å². The van der Waals surface area contributed by atoms with Gasteiger partial charge in [-0.2, -0.15) is 13.2 Å². The SMILES string of the molecule is Cc1nccn1CCN1CCN(C(=O)c2ccccc2C(F)(F)F)CC1. The minimum atomic E-state index is -4.53. The molecule has 0 saturated carbocycles. The van der Waals surface area contributed by atoms with Gasteiger partial charge in [0.15, 0.2) is 0 Å². The van der Waals surface area contributed by atoms with E-state index in [4.69, 9.17) is 0 Å². The molecule has 2 aromatic rings. The van der Waals surface area contributed by atoms with Gasteiger partial charge >= 0.3 is 6.18 Å². The van der Waals surface area contributed by atoms with Crippen molar-refractivity contribution in [3.63, 3.8) is 0 Å². The summed E-state index contributed by atoms with van der Waals surface area (Å²) >= 11 is 0. The second kappa shape index (κ2) is 7.49. The Morgan fingerprint density at radius 1 is 1.12 bits per heavy atom. The first kappa shape index (κ1) is 18.4. The van der Waals surface area contributed by atoms with Gasteiger partial charge in [0.25, 0.3) is 5.91 Å². The van der Waals surface area contributed by atoms with Crippen molar-refractivity contribution in [2.45, 2.75) is 19.6 Å². The monoisotopic (exact) mass is 366 g/mol. The molecular formula is C18H21F3N4O.